The Bertz CT molecular complexity index is 1130. The van der Waals surface area contributed by atoms with Crippen molar-refractivity contribution >= 4 is 5.91 Å². The molecule has 1 aliphatic heterocycles. The van der Waals surface area contributed by atoms with Crippen molar-refractivity contribution in [3.8, 4) is 6.07 Å². The monoisotopic (exact) mass is 496 g/mol. The standard InChI is InChI=1S/C28H33FN2O5/c1-18(2)31-26(32)28(34-16-19-8-7-11-22(29)12-19)13-23(25-24(14-28)35-27(3,4)36-25)33-17-21-10-6-5-9-20(21)15-30/h5-12,18,23-25H,13-14,16-17H2,1-4H3,(H,31,32)/t23?,24-,25+,28-/m1/s1. The lowest BCUT2D eigenvalue weighted by atomic mass is 9.78. The Morgan fingerprint density at radius 2 is 1.94 bits per heavy atom. The van der Waals surface area contributed by atoms with Crippen molar-refractivity contribution in [1.82, 2.24) is 5.32 Å². The molecule has 1 unspecified atom stereocenters. The second-order valence-electron chi connectivity index (χ2n) is 10.2. The van der Waals surface area contributed by atoms with Crippen LogP contribution in [0, 0.1) is 17.1 Å². The first kappa shape index (κ1) is 26.2. The van der Waals surface area contributed by atoms with Crippen molar-refractivity contribution in [2.45, 2.75) is 89.5 Å². The van der Waals surface area contributed by atoms with Gasteiger partial charge < -0.3 is 24.3 Å². The lowest BCUT2D eigenvalue weighted by molar-refractivity contribution is -0.183. The molecule has 0 radical (unpaired) electrons. The quantitative estimate of drug-likeness (QED) is 0.584. The van der Waals surface area contributed by atoms with Crippen LogP contribution in [0.15, 0.2) is 48.5 Å². The molecule has 1 N–H and O–H groups in total. The van der Waals surface area contributed by atoms with Gasteiger partial charge in [0.1, 0.15) is 11.9 Å². The molecule has 1 saturated carbocycles. The Hall–Kier alpha value is -2.83. The van der Waals surface area contributed by atoms with Gasteiger partial charge in [-0.3, -0.25) is 4.79 Å². The number of hydrogen-bond donors (Lipinski definition) is 1. The highest BCUT2D eigenvalue weighted by Crippen LogP contribution is 2.44. The van der Waals surface area contributed by atoms with E-state index in [1.165, 1.54) is 12.1 Å². The van der Waals surface area contributed by atoms with Crippen LogP contribution in [0.1, 0.15) is 57.2 Å². The first-order valence-electron chi connectivity index (χ1n) is 12.3. The summed E-state index contributed by atoms with van der Waals surface area (Å²) >= 11 is 0. The lowest BCUT2D eigenvalue weighted by Gasteiger charge is -2.43. The average molecular weight is 497 g/mol. The molecule has 0 spiro atoms. The molecule has 0 bridgehead atoms. The van der Waals surface area contributed by atoms with Gasteiger partial charge in [0.2, 0.25) is 0 Å². The van der Waals surface area contributed by atoms with E-state index in [0.717, 1.165) is 5.56 Å². The third-order valence-electron chi connectivity index (χ3n) is 6.48. The van der Waals surface area contributed by atoms with Gasteiger partial charge in [0.05, 0.1) is 37.1 Å². The van der Waals surface area contributed by atoms with Crippen LogP contribution in [-0.4, -0.2) is 41.6 Å². The molecule has 8 heteroatoms. The van der Waals surface area contributed by atoms with Gasteiger partial charge in [0.15, 0.2) is 11.4 Å². The first-order valence-corrected chi connectivity index (χ1v) is 12.3. The smallest absolute Gasteiger partial charge is 0.252 e. The lowest BCUT2D eigenvalue weighted by Crippen LogP contribution is -2.60. The maximum absolute atomic E-state index is 13.8. The maximum atomic E-state index is 13.8. The van der Waals surface area contributed by atoms with E-state index in [1.54, 1.807) is 24.3 Å². The fraction of sp³-hybridized carbons (Fsp3) is 0.500. The third-order valence-corrected chi connectivity index (χ3v) is 6.48. The van der Waals surface area contributed by atoms with Crippen molar-refractivity contribution in [3.63, 3.8) is 0 Å². The Balaban J connectivity index is 1.63. The predicted molar refractivity (Wildman–Crippen MR) is 130 cm³/mol. The van der Waals surface area contributed by atoms with Crippen molar-refractivity contribution in [1.29, 1.82) is 5.26 Å². The Labute approximate surface area is 211 Å². The fourth-order valence-corrected chi connectivity index (χ4v) is 4.90. The van der Waals surface area contributed by atoms with Crippen molar-refractivity contribution in [2.24, 2.45) is 0 Å². The van der Waals surface area contributed by atoms with Gasteiger partial charge in [-0.2, -0.15) is 5.26 Å². The predicted octanol–water partition coefficient (Wildman–Crippen LogP) is 4.38. The molecule has 7 nitrogen and oxygen atoms in total. The minimum atomic E-state index is -1.28. The van der Waals surface area contributed by atoms with Crippen LogP contribution in [0.2, 0.25) is 0 Å². The van der Waals surface area contributed by atoms with Crippen LogP contribution >= 0.6 is 0 Å². The van der Waals surface area contributed by atoms with Gasteiger partial charge in [0, 0.05) is 18.9 Å². The zero-order valence-electron chi connectivity index (χ0n) is 21.1. The van der Waals surface area contributed by atoms with Crippen LogP contribution < -0.4 is 5.32 Å². The van der Waals surface area contributed by atoms with Gasteiger partial charge in [-0.15, -0.1) is 0 Å². The van der Waals surface area contributed by atoms with E-state index in [1.807, 2.05) is 39.8 Å². The van der Waals surface area contributed by atoms with E-state index in [2.05, 4.69) is 11.4 Å². The molecule has 1 aliphatic carbocycles. The largest absolute Gasteiger partial charge is 0.371 e. The molecule has 4 rings (SSSR count). The minimum absolute atomic E-state index is 0.0505. The number of nitrogens with one attached hydrogen (secondary N) is 1. The van der Waals surface area contributed by atoms with Gasteiger partial charge >= 0.3 is 0 Å². The van der Waals surface area contributed by atoms with E-state index < -0.39 is 29.7 Å². The van der Waals surface area contributed by atoms with Crippen molar-refractivity contribution < 1.29 is 28.1 Å². The molecular weight excluding hydrogens is 463 g/mol. The van der Waals surface area contributed by atoms with Crippen LogP contribution in [0.3, 0.4) is 0 Å². The number of fused-ring (bicyclic) bond motifs is 1. The summed E-state index contributed by atoms with van der Waals surface area (Å²) in [6.45, 7) is 7.65. The van der Waals surface area contributed by atoms with Crippen LogP contribution in [0.5, 0.6) is 0 Å². The minimum Gasteiger partial charge on any atom is -0.371 e. The van der Waals surface area contributed by atoms with Crippen molar-refractivity contribution in [2.75, 3.05) is 0 Å². The Kier molecular flexibility index (Phi) is 7.76. The van der Waals surface area contributed by atoms with Crippen LogP contribution in [0.25, 0.3) is 0 Å². The third kappa shape index (κ3) is 5.93. The summed E-state index contributed by atoms with van der Waals surface area (Å²) in [6.07, 6.45) is -0.912. The molecule has 2 aliphatic rings. The summed E-state index contributed by atoms with van der Waals surface area (Å²) in [6, 6.07) is 15.4. The van der Waals surface area contributed by atoms with Crippen molar-refractivity contribution in [3.05, 3.63) is 71.0 Å². The highest BCUT2D eigenvalue weighted by atomic mass is 19.1. The van der Waals surface area contributed by atoms with Gasteiger partial charge in [0.25, 0.3) is 5.91 Å². The summed E-state index contributed by atoms with van der Waals surface area (Å²) in [7, 11) is 0. The molecule has 1 heterocycles. The summed E-state index contributed by atoms with van der Waals surface area (Å²) in [5, 5.41) is 12.4. The summed E-state index contributed by atoms with van der Waals surface area (Å²) < 4.78 is 38.8. The molecule has 192 valence electrons. The fourth-order valence-electron chi connectivity index (χ4n) is 4.90. The molecule has 2 aromatic carbocycles. The number of nitrogens with zero attached hydrogens (tertiary/aromatic N) is 1. The second-order valence-corrected chi connectivity index (χ2v) is 10.2. The number of halogens is 1. The maximum Gasteiger partial charge on any atom is 0.252 e. The van der Waals surface area contributed by atoms with Crippen LogP contribution in [-0.2, 0) is 37.0 Å². The van der Waals surface area contributed by atoms with Crippen LogP contribution in [0.4, 0.5) is 4.39 Å². The number of benzene rings is 2. The summed E-state index contributed by atoms with van der Waals surface area (Å²) in [4.78, 5) is 13.6. The topological polar surface area (TPSA) is 89.8 Å². The molecule has 1 saturated heterocycles. The Morgan fingerprint density at radius 3 is 2.67 bits per heavy atom. The molecule has 4 atom stereocenters. The zero-order chi connectivity index (χ0) is 25.9. The van der Waals surface area contributed by atoms with E-state index >= 15 is 0 Å². The average Bonchev–Trinajstić information content (AvgIpc) is 3.14. The summed E-state index contributed by atoms with van der Waals surface area (Å²) in [5.74, 6) is -1.49. The van der Waals surface area contributed by atoms with Gasteiger partial charge in [-0.1, -0.05) is 30.3 Å². The molecule has 2 aromatic rings. The number of rotatable bonds is 8. The Morgan fingerprint density at radius 1 is 1.17 bits per heavy atom. The normalized spacial score (nSPS) is 26.9. The highest BCUT2D eigenvalue weighted by molar-refractivity contribution is 5.85. The van der Waals surface area contributed by atoms with E-state index in [9.17, 15) is 14.4 Å². The molecule has 0 aromatic heterocycles. The van der Waals surface area contributed by atoms with Gasteiger partial charge in [-0.25, -0.2) is 4.39 Å². The summed E-state index contributed by atoms with van der Waals surface area (Å²) in [5.41, 5.74) is 0.623. The first-order chi connectivity index (χ1) is 17.1. The number of nitriles is 1. The highest BCUT2D eigenvalue weighted by Gasteiger charge is 2.58. The SMILES string of the molecule is CC(C)NC(=O)[C@@]1(OCc2cccc(F)c2)CC(OCc2ccccc2C#N)[C@@H]2OC(C)(C)O[C@@H]2C1. The number of hydrogen-bond acceptors (Lipinski definition) is 6. The molecular formula is C28H33FN2O5. The second kappa shape index (κ2) is 10.7. The zero-order valence-corrected chi connectivity index (χ0v) is 21.1. The van der Waals surface area contributed by atoms with E-state index in [-0.39, 0.29) is 43.8 Å². The number of amides is 1. The number of carbonyl (C=O) groups excluding carboxylic acids is 1. The van der Waals surface area contributed by atoms with E-state index in [0.29, 0.717) is 11.1 Å². The van der Waals surface area contributed by atoms with E-state index in [4.69, 9.17) is 18.9 Å². The number of ether oxygens (including phenoxy) is 4. The molecule has 1 amide bonds. The molecule has 36 heavy (non-hydrogen) atoms. The molecule has 2 fully saturated rings. The van der Waals surface area contributed by atoms with Gasteiger partial charge in [-0.05, 0) is 57.0 Å². The number of carbonyl (C=O) groups is 1.